The molecule has 10 aromatic carbocycles. The minimum Gasteiger partial charge on any atom is -0.496 e. The zero-order valence-electron chi connectivity index (χ0n) is 58.1. The predicted molar refractivity (Wildman–Crippen MR) is 408 cm³/mol. The van der Waals surface area contributed by atoms with Crippen LogP contribution in [0.25, 0.3) is 112 Å². The average molecular weight is 1370 g/mol. The van der Waals surface area contributed by atoms with Crippen molar-refractivity contribution in [3.8, 4) is 67.2 Å². The second kappa shape index (κ2) is 26.0. The van der Waals surface area contributed by atoms with Gasteiger partial charge in [0, 0.05) is 29.4 Å². The summed E-state index contributed by atoms with van der Waals surface area (Å²) in [6.07, 6.45) is 4.81. The van der Waals surface area contributed by atoms with Crippen molar-refractivity contribution < 1.29 is 43.9 Å². The summed E-state index contributed by atoms with van der Waals surface area (Å²) < 4.78 is 26.0. The minimum absolute atomic E-state index is 0. The first kappa shape index (κ1) is 65.2. The fourth-order valence-electron chi connectivity index (χ4n) is 16.3. The van der Waals surface area contributed by atoms with Crippen LogP contribution >= 0.6 is 0 Å². The van der Waals surface area contributed by atoms with E-state index in [0.29, 0.717) is 0 Å². The van der Waals surface area contributed by atoms with Gasteiger partial charge in [0.15, 0.2) is 0 Å². The Bertz CT molecular complexity index is 5060. The van der Waals surface area contributed by atoms with Crippen molar-refractivity contribution in [1.82, 2.24) is 0 Å². The summed E-state index contributed by atoms with van der Waals surface area (Å²) in [5.41, 5.74) is 30.7. The van der Waals surface area contributed by atoms with Crippen molar-refractivity contribution in [1.29, 1.82) is 0 Å². The molecule has 0 amide bonds. The van der Waals surface area contributed by atoms with Gasteiger partial charge in [0.1, 0.15) is 23.0 Å². The number of rotatable bonds is 12. The molecule has 0 saturated carbocycles. The van der Waals surface area contributed by atoms with E-state index in [1.807, 2.05) is 27.7 Å². The summed E-state index contributed by atoms with van der Waals surface area (Å²) in [7, 11) is -1.65. The molecule has 2 unspecified atom stereocenters. The summed E-state index contributed by atoms with van der Waals surface area (Å²) in [5, 5.41) is 8.40. The van der Waals surface area contributed by atoms with Crippen molar-refractivity contribution in [2.75, 3.05) is 0 Å². The number of aryl methyl sites for hydroxylation is 6. The number of hydrogen-bond donors (Lipinski definition) is 0. The molecule has 2 radical (unpaired) electrons. The van der Waals surface area contributed by atoms with Gasteiger partial charge in [-0.05, 0) is 219 Å². The van der Waals surface area contributed by atoms with E-state index in [4.69, 9.17) is 17.7 Å². The molecular formula is C90H80O4Si2Zr. The first-order valence-corrected chi connectivity index (χ1v) is 38.8. The zero-order chi connectivity index (χ0) is 66.5. The Labute approximate surface area is 594 Å². The largest absolute Gasteiger partial charge is 2.00 e. The molecule has 0 bridgehead atoms. The van der Waals surface area contributed by atoms with Gasteiger partial charge in [-0.2, -0.15) is 0 Å². The van der Waals surface area contributed by atoms with Crippen molar-refractivity contribution >= 4 is 72.8 Å². The van der Waals surface area contributed by atoms with E-state index in [-0.39, 0.29) is 38.0 Å². The molecule has 16 rings (SSSR count). The van der Waals surface area contributed by atoms with Crippen molar-refractivity contribution in [3.63, 3.8) is 0 Å². The maximum atomic E-state index is 6.52. The van der Waals surface area contributed by atoms with Gasteiger partial charge in [0.25, 0.3) is 0 Å². The Kier molecular flexibility index (Phi) is 17.5. The molecule has 2 aliphatic carbocycles. The molecule has 14 aromatic rings. The van der Waals surface area contributed by atoms with Crippen LogP contribution in [-0.2, 0) is 26.2 Å². The van der Waals surface area contributed by atoms with Crippen molar-refractivity contribution in [3.05, 3.63) is 308 Å². The quantitative estimate of drug-likeness (QED) is 0.0904. The summed E-state index contributed by atoms with van der Waals surface area (Å²) in [5.74, 6) is 7.21. The number of benzene rings is 8. The first-order valence-electron chi connectivity index (χ1n) is 33.8. The van der Waals surface area contributed by atoms with Crippen LogP contribution in [0.15, 0.2) is 224 Å². The molecule has 0 N–H and O–H groups in total. The van der Waals surface area contributed by atoms with Crippen LogP contribution in [0.2, 0.25) is 26.2 Å². The molecule has 2 atom stereocenters. The maximum absolute atomic E-state index is 6.52. The molecular weight excluding hydrogens is 1290 g/mol. The van der Waals surface area contributed by atoms with E-state index in [1.54, 1.807) is 0 Å². The third-order valence-electron chi connectivity index (χ3n) is 20.6. The second-order valence-corrected chi connectivity index (χ2v) is 32.2. The molecule has 4 nitrogen and oxygen atoms in total. The Hall–Kier alpha value is -9.10. The summed E-state index contributed by atoms with van der Waals surface area (Å²) in [4.78, 5) is 0. The Morgan fingerprint density at radius 2 is 0.619 bits per heavy atom. The maximum Gasteiger partial charge on any atom is 2.00 e. The second-order valence-electron chi connectivity index (χ2n) is 27.2. The van der Waals surface area contributed by atoms with E-state index in [0.717, 1.165) is 46.1 Å². The predicted octanol–water partition coefficient (Wildman–Crippen LogP) is 23.9. The van der Waals surface area contributed by atoms with Crippen LogP contribution in [0.4, 0.5) is 0 Å². The fourth-order valence-corrected chi connectivity index (χ4v) is 19.7. The zero-order valence-corrected chi connectivity index (χ0v) is 62.5. The van der Waals surface area contributed by atoms with Gasteiger partial charge < -0.3 is 17.7 Å². The number of furan rings is 4. The standard InChI is InChI=1S/2C45H40O2Si.Zr/c2*1-26-18-21-33-34(40(26)31-14-10-8-11-15-31)24-35(38-22-19-27(2)46-38)42(33)43-36(39-23-20-28(3)47-39)25-37-44(43)41(32-16-12-9-13-17-32)29(4)30(5)45(37)48(6)7;/h2*8-25,42H,1-7H3;/q2*-1;+2. The normalized spacial score (nSPS) is 14.1. The van der Waals surface area contributed by atoms with Crippen LogP contribution < -0.4 is 10.4 Å². The topological polar surface area (TPSA) is 52.6 Å². The Morgan fingerprint density at radius 1 is 0.320 bits per heavy atom. The third-order valence-corrected chi connectivity index (χ3v) is 23.9. The summed E-state index contributed by atoms with van der Waals surface area (Å²) in [6, 6.07) is 74.8. The molecule has 0 aliphatic heterocycles. The fraction of sp³-hybridized carbons (Fsp3) is 0.178. The van der Waals surface area contributed by atoms with Crippen molar-refractivity contribution in [2.24, 2.45) is 0 Å². The van der Waals surface area contributed by atoms with Crippen LogP contribution in [-0.4, -0.2) is 17.6 Å². The molecule has 4 heterocycles. The average Bonchev–Trinajstić information content (AvgIpc) is 1.57. The SMILES string of the molecule is Cc1ccc(C2=Cc3c(ccc(C)c3-c3ccccc3)C2c2c(-c3ccc(C)o3)[cH-]c3c([Si](C)C)c(C)c(C)c(-c4ccccc4)c23)o1.Cc1ccc(C2=Cc3c(ccc(C)c3-c3ccccc3)C2c2c(-c3ccc(C)o3)[cH-]c3c([Si](C)C)c(C)c(C)c(-c4ccccc4)c23)o1.[Zr+2]. The Morgan fingerprint density at radius 3 is 0.907 bits per heavy atom. The van der Waals surface area contributed by atoms with E-state index in [2.05, 4.69) is 286 Å². The number of hydrogen-bond acceptors (Lipinski definition) is 4. The summed E-state index contributed by atoms with van der Waals surface area (Å²) >= 11 is 0. The van der Waals surface area contributed by atoms with Gasteiger partial charge in [-0.25, -0.2) is 0 Å². The van der Waals surface area contributed by atoms with Gasteiger partial charge in [-0.3, -0.25) is 0 Å². The van der Waals surface area contributed by atoms with Gasteiger partial charge in [-0.15, -0.1) is 55.2 Å². The molecule has 0 spiro atoms. The molecule has 0 saturated heterocycles. The molecule has 476 valence electrons. The Balaban J connectivity index is 0.000000165. The first-order chi connectivity index (χ1) is 46.4. The number of fused-ring (bicyclic) bond motifs is 4. The van der Waals surface area contributed by atoms with Gasteiger partial charge in [0.2, 0.25) is 0 Å². The monoisotopic (exact) mass is 1370 g/mol. The van der Waals surface area contributed by atoms with Crippen LogP contribution in [0.3, 0.4) is 0 Å². The van der Waals surface area contributed by atoms with Crippen molar-refractivity contribution in [2.45, 2.75) is 107 Å². The minimum atomic E-state index is -0.823. The molecule has 4 aromatic heterocycles. The number of allylic oxidation sites excluding steroid dienone is 2. The molecule has 97 heavy (non-hydrogen) atoms. The third kappa shape index (κ3) is 11.2. The summed E-state index contributed by atoms with van der Waals surface area (Å²) in [6.45, 7) is 31.6. The van der Waals surface area contributed by atoms with E-state index in [9.17, 15) is 0 Å². The smallest absolute Gasteiger partial charge is 0.496 e. The van der Waals surface area contributed by atoms with E-state index in [1.165, 1.54) is 165 Å². The molecule has 7 heteroatoms. The van der Waals surface area contributed by atoms with Gasteiger partial charge in [-0.1, -0.05) is 205 Å². The van der Waals surface area contributed by atoms with Gasteiger partial charge >= 0.3 is 26.2 Å². The van der Waals surface area contributed by atoms with Crippen LogP contribution in [0, 0.1) is 69.2 Å². The van der Waals surface area contributed by atoms with E-state index >= 15 is 0 Å². The molecule has 2 aliphatic rings. The van der Waals surface area contributed by atoms with Crippen LogP contribution in [0.1, 0.15) is 113 Å². The molecule has 0 fully saturated rings. The van der Waals surface area contributed by atoms with E-state index < -0.39 is 17.6 Å². The van der Waals surface area contributed by atoms with Gasteiger partial charge in [0.05, 0.1) is 23.0 Å². The van der Waals surface area contributed by atoms with Crippen LogP contribution in [0.5, 0.6) is 0 Å².